The monoisotopic (exact) mass is 174 g/mol. The maximum Gasteiger partial charge on any atom is 0.157 e. The molecule has 1 aliphatic rings. The lowest BCUT2D eigenvalue weighted by Crippen LogP contribution is -2.25. The first-order chi connectivity index (χ1) is 5.83. The van der Waals surface area contributed by atoms with E-state index < -0.39 is 0 Å². The first-order valence-corrected chi connectivity index (χ1v) is 4.67. The van der Waals surface area contributed by atoms with E-state index in [2.05, 4.69) is 0 Å². The molecule has 72 valence electrons. The van der Waals surface area contributed by atoms with Crippen LogP contribution in [0.3, 0.4) is 0 Å². The molecule has 0 bridgehead atoms. The van der Waals surface area contributed by atoms with Crippen LogP contribution in [-0.2, 0) is 9.47 Å². The van der Waals surface area contributed by atoms with Crippen LogP contribution in [0.2, 0.25) is 0 Å². The second-order valence-electron chi connectivity index (χ2n) is 3.42. The molecule has 1 saturated heterocycles. The standard InChI is InChI=1S/C9H18O3/c1-8(6-10)7-12-9-4-2-3-5-11-9/h8-10H,2-7H2,1H3. The number of hydrogen-bond donors (Lipinski definition) is 1. The Hall–Kier alpha value is -0.120. The van der Waals surface area contributed by atoms with Crippen LogP contribution >= 0.6 is 0 Å². The fraction of sp³-hybridized carbons (Fsp3) is 1.00. The van der Waals surface area contributed by atoms with Crippen molar-refractivity contribution < 1.29 is 14.6 Å². The van der Waals surface area contributed by atoms with Crippen LogP contribution in [0.25, 0.3) is 0 Å². The Labute approximate surface area is 73.7 Å². The number of rotatable bonds is 4. The van der Waals surface area contributed by atoms with Gasteiger partial charge in [0.25, 0.3) is 0 Å². The fourth-order valence-electron chi connectivity index (χ4n) is 1.17. The number of hydrogen-bond acceptors (Lipinski definition) is 3. The second kappa shape index (κ2) is 5.51. The third kappa shape index (κ3) is 3.52. The van der Waals surface area contributed by atoms with E-state index in [0.29, 0.717) is 6.61 Å². The van der Waals surface area contributed by atoms with Gasteiger partial charge in [-0.15, -0.1) is 0 Å². The van der Waals surface area contributed by atoms with Crippen LogP contribution in [0.5, 0.6) is 0 Å². The number of aliphatic hydroxyl groups is 1. The molecule has 0 spiro atoms. The SMILES string of the molecule is CC(CO)COC1CCCCO1. The largest absolute Gasteiger partial charge is 0.396 e. The first kappa shape index (κ1) is 9.96. The van der Waals surface area contributed by atoms with E-state index in [1.807, 2.05) is 6.92 Å². The zero-order chi connectivity index (χ0) is 8.81. The molecule has 0 aromatic heterocycles. The van der Waals surface area contributed by atoms with Crippen molar-refractivity contribution in [1.82, 2.24) is 0 Å². The van der Waals surface area contributed by atoms with E-state index in [9.17, 15) is 0 Å². The Morgan fingerprint density at radius 2 is 2.42 bits per heavy atom. The summed E-state index contributed by atoms with van der Waals surface area (Å²) in [6.07, 6.45) is 3.32. The molecule has 2 unspecified atom stereocenters. The average molecular weight is 174 g/mol. The minimum atomic E-state index is -0.0206. The summed E-state index contributed by atoms with van der Waals surface area (Å²) < 4.78 is 10.8. The molecular formula is C9H18O3. The minimum Gasteiger partial charge on any atom is -0.396 e. The van der Waals surface area contributed by atoms with Gasteiger partial charge in [-0.2, -0.15) is 0 Å². The van der Waals surface area contributed by atoms with Crippen LogP contribution in [-0.4, -0.2) is 31.2 Å². The molecule has 3 nitrogen and oxygen atoms in total. The molecule has 1 heterocycles. The zero-order valence-electron chi connectivity index (χ0n) is 7.66. The lowest BCUT2D eigenvalue weighted by molar-refractivity contribution is -0.169. The van der Waals surface area contributed by atoms with Crippen LogP contribution in [0.4, 0.5) is 0 Å². The molecule has 1 aliphatic heterocycles. The highest BCUT2D eigenvalue weighted by Crippen LogP contribution is 2.14. The van der Waals surface area contributed by atoms with Crippen molar-refractivity contribution >= 4 is 0 Å². The van der Waals surface area contributed by atoms with E-state index in [-0.39, 0.29) is 18.8 Å². The van der Waals surface area contributed by atoms with Crippen LogP contribution in [0.1, 0.15) is 26.2 Å². The molecule has 0 saturated carbocycles. The summed E-state index contributed by atoms with van der Waals surface area (Å²) in [5, 5.41) is 8.74. The van der Waals surface area contributed by atoms with Crippen LogP contribution in [0, 0.1) is 5.92 Å². The minimum absolute atomic E-state index is 0.0206. The lowest BCUT2D eigenvalue weighted by atomic mass is 10.2. The first-order valence-electron chi connectivity index (χ1n) is 4.67. The molecule has 0 aliphatic carbocycles. The summed E-state index contributed by atoms with van der Waals surface area (Å²) in [5.74, 6) is 0.218. The molecule has 0 amide bonds. The summed E-state index contributed by atoms with van der Waals surface area (Å²) in [4.78, 5) is 0. The third-order valence-electron chi connectivity index (χ3n) is 2.02. The smallest absolute Gasteiger partial charge is 0.157 e. The van der Waals surface area contributed by atoms with Crippen molar-refractivity contribution in [2.75, 3.05) is 19.8 Å². The van der Waals surface area contributed by atoms with Crippen molar-refractivity contribution in [3.05, 3.63) is 0 Å². The predicted molar refractivity (Wildman–Crippen MR) is 45.8 cm³/mol. The van der Waals surface area contributed by atoms with E-state index in [4.69, 9.17) is 14.6 Å². The highest BCUT2D eigenvalue weighted by Gasteiger charge is 2.14. The summed E-state index contributed by atoms with van der Waals surface area (Å²) in [5.41, 5.74) is 0. The highest BCUT2D eigenvalue weighted by atomic mass is 16.7. The van der Waals surface area contributed by atoms with Gasteiger partial charge in [-0.1, -0.05) is 6.92 Å². The van der Waals surface area contributed by atoms with Crippen molar-refractivity contribution in [1.29, 1.82) is 0 Å². The normalized spacial score (nSPS) is 27.0. The van der Waals surface area contributed by atoms with E-state index in [1.54, 1.807) is 0 Å². The molecule has 1 rings (SSSR count). The molecule has 0 aromatic carbocycles. The van der Waals surface area contributed by atoms with Gasteiger partial charge in [0.05, 0.1) is 6.61 Å². The van der Waals surface area contributed by atoms with Crippen molar-refractivity contribution in [2.24, 2.45) is 5.92 Å². The predicted octanol–water partition coefficient (Wildman–Crippen LogP) is 1.16. The van der Waals surface area contributed by atoms with Gasteiger partial charge in [0, 0.05) is 19.1 Å². The number of aliphatic hydroxyl groups excluding tert-OH is 1. The summed E-state index contributed by atoms with van der Waals surface area (Å²) in [6, 6.07) is 0. The molecule has 0 radical (unpaired) electrons. The van der Waals surface area contributed by atoms with Gasteiger partial charge < -0.3 is 14.6 Å². The molecule has 2 atom stereocenters. The summed E-state index contributed by atoms with van der Waals surface area (Å²) in [6.45, 7) is 3.56. The average Bonchev–Trinajstić information content (AvgIpc) is 2.16. The molecule has 12 heavy (non-hydrogen) atoms. The zero-order valence-corrected chi connectivity index (χ0v) is 7.66. The van der Waals surface area contributed by atoms with Crippen molar-refractivity contribution in [3.8, 4) is 0 Å². The lowest BCUT2D eigenvalue weighted by Gasteiger charge is -2.23. The summed E-state index contributed by atoms with van der Waals surface area (Å²) >= 11 is 0. The van der Waals surface area contributed by atoms with Gasteiger partial charge >= 0.3 is 0 Å². The second-order valence-corrected chi connectivity index (χ2v) is 3.42. The Morgan fingerprint density at radius 3 is 3.00 bits per heavy atom. The van der Waals surface area contributed by atoms with Gasteiger partial charge in [0.15, 0.2) is 6.29 Å². The molecule has 1 N–H and O–H groups in total. The van der Waals surface area contributed by atoms with Crippen LogP contribution < -0.4 is 0 Å². The topological polar surface area (TPSA) is 38.7 Å². The highest BCUT2D eigenvalue weighted by molar-refractivity contribution is 4.55. The fourth-order valence-corrected chi connectivity index (χ4v) is 1.17. The Morgan fingerprint density at radius 1 is 1.58 bits per heavy atom. The van der Waals surface area contributed by atoms with Crippen LogP contribution in [0.15, 0.2) is 0 Å². The maximum atomic E-state index is 8.74. The number of ether oxygens (including phenoxy) is 2. The third-order valence-corrected chi connectivity index (χ3v) is 2.02. The van der Waals surface area contributed by atoms with E-state index >= 15 is 0 Å². The van der Waals surface area contributed by atoms with Gasteiger partial charge in [-0.05, 0) is 19.3 Å². The van der Waals surface area contributed by atoms with Crippen molar-refractivity contribution in [3.63, 3.8) is 0 Å². The Bertz CT molecular complexity index is 110. The molecule has 0 aromatic rings. The van der Waals surface area contributed by atoms with E-state index in [1.165, 1.54) is 6.42 Å². The molecule has 3 heteroatoms. The summed E-state index contributed by atoms with van der Waals surface area (Å²) in [7, 11) is 0. The maximum absolute atomic E-state index is 8.74. The Kier molecular flexibility index (Phi) is 4.58. The van der Waals surface area contributed by atoms with Gasteiger partial charge in [-0.25, -0.2) is 0 Å². The molecular weight excluding hydrogens is 156 g/mol. The van der Waals surface area contributed by atoms with E-state index in [0.717, 1.165) is 19.4 Å². The van der Waals surface area contributed by atoms with Crippen molar-refractivity contribution in [2.45, 2.75) is 32.5 Å². The molecule has 1 fully saturated rings. The van der Waals surface area contributed by atoms with Gasteiger partial charge in [0.1, 0.15) is 0 Å². The van der Waals surface area contributed by atoms with Gasteiger partial charge in [-0.3, -0.25) is 0 Å². The Balaban J connectivity index is 2.05. The van der Waals surface area contributed by atoms with Gasteiger partial charge in [0.2, 0.25) is 0 Å². The quantitative estimate of drug-likeness (QED) is 0.695.